The number of nitrogens with zero attached hydrogens (tertiary/aromatic N) is 1. The molecule has 1 N–H and O–H groups in total. The topological polar surface area (TPSA) is 34.1 Å². The minimum absolute atomic E-state index is 0.193. The summed E-state index contributed by atoms with van der Waals surface area (Å²) in [7, 11) is 1.70. The summed E-state index contributed by atoms with van der Waals surface area (Å²) in [6.45, 7) is 2.69. The molecule has 3 nitrogen and oxygen atoms in total. The van der Waals surface area contributed by atoms with Crippen molar-refractivity contribution in [3.8, 4) is 0 Å². The molecule has 0 bridgehead atoms. The van der Waals surface area contributed by atoms with Crippen molar-refractivity contribution in [1.29, 1.82) is 0 Å². The number of hydrogen-bond acceptors (Lipinski definition) is 3. The Kier molecular flexibility index (Phi) is 4.93. The first-order chi connectivity index (χ1) is 9.22. The summed E-state index contributed by atoms with van der Waals surface area (Å²) in [5.74, 6) is 0. The van der Waals surface area contributed by atoms with Crippen LogP contribution in [0.2, 0.25) is 0 Å². The van der Waals surface area contributed by atoms with E-state index in [0.29, 0.717) is 6.61 Å². The Morgan fingerprint density at radius 3 is 2.84 bits per heavy atom. The third-order valence-corrected chi connectivity index (χ3v) is 3.71. The molecular formula is C15H17BrN2O. The second-order valence-corrected chi connectivity index (χ2v) is 5.21. The van der Waals surface area contributed by atoms with Crippen molar-refractivity contribution in [3.05, 3.63) is 58.3 Å². The molecule has 100 valence electrons. The molecule has 0 spiro atoms. The number of rotatable bonds is 5. The van der Waals surface area contributed by atoms with Crippen LogP contribution in [0.15, 0.2) is 47.2 Å². The van der Waals surface area contributed by atoms with E-state index in [1.165, 1.54) is 0 Å². The minimum atomic E-state index is 0.193. The molecule has 1 atom stereocenters. The number of methoxy groups -OCH3 is 1. The van der Waals surface area contributed by atoms with Gasteiger partial charge >= 0.3 is 0 Å². The van der Waals surface area contributed by atoms with E-state index in [0.717, 1.165) is 21.3 Å². The van der Waals surface area contributed by atoms with Crippen LogP contribution in [0.5, 0.6) is 0 Å². The fourth-order valence-corrected chi connectivity index (χ4v) is 2.41. The van der Waals surface area contributed by atoms with Crippen LogP contribution in [0.1, 0.15) is 24.1 Å². The molecule has 0 amide bonds. The summed E-state index contributed by atoms with van der Waals surface area (Å²) in [5, 5.41) is 3.50. The average molecular weight is 321 g/mol. The highest BCUT2D eigenvalue weighted by atomic mass is 79.9. The first-order valence-corrected chi connectivity index (χ1v) is 6.94. The Hall–Kier alpha value is -1.39. The normalized spacial score (nSPS) is 12.2. The molecule has 0 aliphatic rings. The maximum atomic E-state index is 5.25. The predicted molar refractivity (Wildman–Crippen MR) is 81.1 cm³/mol. The van der Waals surface area contributed by atoms with Gasteiger partial charge in [0, 0.05) is 35.2 Å². The van der Waals surface area contributed by atoms with E-state index in [4.69, 9.17) is 4.74 Å². The second kappa shape index (κ2) is 6.68. The average Bonchev–Trinajstić information content (AvgIpc) is 2.43. The molecule has 1 heterocycles. The van der Waals surface area contributed by atoms with Gasteiger partial charge in [0.25, 0.3) is 0 Å². The van der Waals surface area contributed by atoms with Gasteiger partial charge in [-0.05, 0) is 30.7 Å². The van der Waals surface area contributed by atoms with Gasteiger partial charge in [0.05, 0.1) is 12.6 Å². The van der Waals surface area contributed by atoms with Gasteiger partial charge in [0.2, 0.25) is 0 Å². The zero-order valence-corrected chi connectivity index (χ0v) is 12.6. The molecule has 2 rings (SSSR count). The molecule has 19 heavy (non-hydrogen) atoms. The Morgan fingerprint density at radius 2 is 2.16 bits per heavy atom. The van der Waals surface area contributed by atoms with Gasteiger partial charge in [-0.3, -0.25) is 4.98 Å². The highest BCUT2D eigenvalue weighted by Gasteiger charge is 2.10. The molecule has 2 aromatic rings. The number of benzene rings is 1. The summed E-state index contributed by atoms with van der Waals surface area (Å²) in [6, 6.07) is 10.3. The third kappa shape index (κ3) is 3.55. The Balaban J connectivity index is 2.21. The van der Waals surface area contributed by atoms with Crippen LogP contribution >= 0.6 is 15.9 Å². The lowest BCUT2D eigenvalue weighted by Crippen LogP contribution is -2.09. The van der Waals surface area contributed by atoms with E-state index in [1.54, 1.807) is 13.3 Å². The van der Waals surface area contributed by atoms with Crippen LogP contribution in [0.25, 0.3) is 0 Å². The number of halogens is 1. The Bertz CT molecular complexity index is 531. The van der Waals surface area contributed by atoms with E-state index in [1.807, 2.05) is 24.4 Å². The smallest absolute Gasteiger partial charge is 0.0744 e. The molecule has 0 aliphatic carbocycles. The molecule has 1 aromatic carbocycles. The molecule has 1 aromatic heterocycles. The van der Waals surface area contributed by atoms with Crippen LogP contribution in [0, 0.1) is 0 Å². The van der Waals surface area contributed by atoms with E-state index in [9.17, 15) is 0 Å². The third-order valence-electron chi connectivity index (χ3n) is 2.96. The summed E-state index contributed by atoms with van der Waals surface area (Å²) < 4.78 is 6.31. The van der Waals surface area contributed by atoms with Crippen molar-refractivity contribution in [3.63, 3.8) is 0 Å². The first kappa shape index (κ1) is 14.0. The summed E-state index contributed by atoms with van der Waals surface area (Å²) in [5.41, 5.74) is 3.36. The molecule has 0 aliphatic heterocycles. The van der Waals surface area contributed by atoms with Gasteiger partial charge in [0.15, 0.2) is 0 Å². The largest absolute Gasteiger partial charge is 0.380 e. The van der Waals surface area contributed by atoms with Crippen molar-refractivity contribution >= 4 is 21.6 Å². The number of pyridine rings is 1. The van der Waals surface area contributed by atoms with Crippen LogP contribution in [0.3, 0.4) is 0 Å². The van der Waals surface area contributed by atoms with Gasteiger partial charge in [-0.15, -0.1) is 0 Å². The van der Waals surface area contributed by atoms with Crippen molar-refractivity contribution in [1.82, 2.24) is 4.98 Å². The zero-order valence-electron chi connectivity index (χ0n) is 11.1. The van der Waals surface area contributed by atoms with Crippen LogP contribution in [-0.2, 0) is 11.3 Å². The molecule has 1 unspecified atom stereocenters. The molecule has 0 saturated heterocycles. The van der Waals surface area contributed by atoms with E-state index >= 15 is 0 Å². The van der Waals surface area contributed by atoms with Gasteiger partial charge < -0.3 is 10.1 Å². The zero-order chi connectivity index (χ0) is 13.7. The van der Waals surface area contributed by atoms with Crippen molar-refractivity contribution in [2.75, 3.05) is 12.4 Å². The summed E-state index contributed by atoms with van der Waals surface area (Å²) >= 11 is 3.56. The molecule has 0 saturated carbocycles. The molecule has 0 fully saturated rings. The van der Waals surface area contributed by atoms with Crippen molar-refractivity contribution in [2.24, 2.45) is 0 Å². The lowest BCUT2D eigenvalue weighted by molar-refractivity contribution is 0.185. The second-order valence-electron chi connectivity index (χ2n) is 4.35. The minimum Gasteiger partial charge on any atom is -0.380 e. The first-order valence-electron chi connectivity index (χ1n) is 6.15. The van der Waals surface area contributed by atoms with E-state index in [-0.39, 0.29) is 6.04 Å². The van der Waals surface area contributed by atoms with Gasteiger partial charge in [-0.2, -0.15) is 0 Å². The predicted octanol–water partition coefficient (Wildman–Crippen LogP) is 4.16. The number of anilines is 1. The molecule has 4 heteroatoms. The highest BCUT2D eigenvalue weighted by molar-refractivity contribution is 9.10. The lowest BCUT2D eigenvalue weighted by atomic mass is 10.1. The maximum Gasteiger partial charge on any atom is 0.0744 e. The standard InChI is InChI=1S/C15H17BrN2O/c1-11(12-5-4-8-17-9-12)18-15-7-3-6-14(16)13(15)10-19-2/h3-9,11,18H,10H2,1-2H3. The molecule has 0 radical (unpaired) electrons. The maximum absolute atomic E-state index is 5.25. The van der Waals surface area contributed by atoms with Crippen molar-refractivity contribution < 1.29 is 4.74 Å². The number of ether oxygens (including phenoxy) is 1. The summed E-state index contributed by atoms with van der Waals surface area (Å²) in [4.78, 5) is 4.15. The number of hydrogen-bond donors (Lipinski definition) is 1. The monoisotopic (exact) mass is 320 g/mol. The lowest BCUT2D eigenvalue weighted by Gasteiger charge is -2.19. The Morgan fingerprint density at radius 1 is 1.32 bits per heavy atom. The van der Waals surface area contributed by atoms with Crippen molar-refractivity contribution in [2.45, 2.75) is 19.6 Å². The number of aromatic nitrogens is 1. The highest BCUT2D eigenvalue weighted by Crippen LogP contribution is 2.28. The fraction of sp³-hybridized carbons (Fsp3) is 0.267. The van der Waals surface area contributed by atoms with Gasteiger partial charge in [-0.25, -0.2) is 0 Å². The van der Waals surface area contributed by atoms with E-state index < -0.39 is 0 Å². The summed E-state index contributed by atoms with van der Waals surface area (Å²) in [6.07, 6.45) is 3.66. The quantitative estimate of drug-likeness (QED) is 0.898. The van der Waals surface area contributed by atoms with Crippen LogP contribution < -0.4 is 5.32 Å². The van der Waals surface area contributed by atoms with E-state index in [2.05, 4.69) is 45.3 Å². The SMILES string of the molecule is COCc1c(Br)cccc1NC(C)c1cccnc1. The molecular weight excluding hydrogens is 304 g/mol. The fourth-order valence-electron chi connectivity index (χ4n) is 1.93. The number of nitrogens with one attached hydrogen (secondary N) is 1. The Labute approximate surface area is 122 Å². The van der Waals surface area contributed by atoms with Crippen LogP contribution in [0.4, 0.5) is 5.69 Å². The van der Waals surface area contributed by atoms with Crippen LogP contribution in [-0.4, -0.2) is 12.1 Å². The van der Waals surface area contributed by atoms with Gasteiger partial charge in [0.1, 0.15) is 0 Å². The van der Waals surface area contributed by atoms with Gasteiger partial charge in [-0.1, -0.05) is 28.1 Å².